The molecule has 1 unspecified atom stereocenters. The van der Waals surface area contributed by atoms with Gasteiger partial charge in [0.15, 0.2) is 0 Å². The van der Waals surface area contributed by atoms with E-state index in [1.165, 1.54) is 6.07 Å². The summed E-state index contributed by atoms with van der Waals surface area (Å²) in [4.78, 5) is -0.954. The van der Waals surface area contributed by atoms with Crippen molar-refractivity contribution in [3.63, 3.8) is 0 Å². The maximum atomic E-state index is 13.5. The molecule has 0 N–H and O–H groups in total. The van der Waals surface area contributed by atoms with Crippen molar-refractivity contribution in [2.75, 3.05) is 0 Å². The van der Waals surface area contributed by atoms with E-state index in [-0.39, 0.29) is 5.56 Å². The number of benzene rings is 1. The van der Waals surface area contributed by atoms with E-state index in [4.69, 9.17) is 4.11 Å². The Labute approximate surface area is 85.1 Å². The second kappa shape index (κ2) is 3.56. The van der Waals surface area contributed by atoms with E-state index in [0.717, 1.165) is 5.56 Å². The molecule has 0 radical (unpaired) electrons. The minimum atomic E-state index is -2.24. The first-order chi connectivity index (χ1) is 6.75. The van der Waals surface area contributed by atoms with Gasteiger partial charge in [-0.25, -0.2) is 4.39 Å². The van der Waals surface area contributed by atoms with Crippen LogP contribution in [0.1, 0.15) is 32.5 Å². The zero-order chi connectivity index (χ0) is 11.8. The highest BCUT2D eigenvalue weighted by molar-refractivity contribution is 9.09. The van der Waals surface area contributed by atoms with Gasteiger partial charge in [-0.2, -0.15) is 0 Å². The second-order valence-electron chi connectivity index (χ2n) is 2.77. The van der Waals surface area contributed by atoms with Gasteiger partial charge >= 0.3 is 0 Å². The maximum Gasteiger partial charge on any atom is 0.127 e. The van der Waals surface area contributed by atoms with E-state index in [0.29, 0.717) is 5.56 Å². The predicted octanol–water partition coefficient (Wildman–Crippen LogP) is 3.90. The molecule has 12 heavy (non-hydrogen) atoms. The molecular weight excluding hydrogens is 219 g/mol. The standard InChI is InChI=1S/C10H12BrF/c1-6-4-5-9(12)10(7(6)2)8(3)11/h4-5,8H,1-3H3/i3D3. The molecule has 0 aliphatic heterocycles. The lowest BCUT2D eigenvalue weighted by atomic mass is 10.0. The minimum absolute atomic E-state index is 0.231. The first kappa shape index (κ1) is 6.14. The molecule has 0 heterocycles. The predicted molar refractivity (Wildman–Crippen MR) is 53.2 cm³/mol. The third-order valence-corrected chi connectivity index (χ3v) is 2.44. The van der Waals surface area contributed by atoms with Crippen molar-refractivity contribution in [1.82, 2.24) is 0 Å². The highest BCUT2D eigenvalue weighted by Gasteiger charge is 2.11. The SMILES string of the molecule is [2H]C([2H])([2H])C(Br)c1c(F)ccc(C)c1C. The quantitative estimate of drug-likeness (QED) is 0.646. The van der Waals surface area contributed by atoms with Gasteiger partial charge in [0, 0.05) is 14.5 Å². The van der Waals surface area contributed by atoms with Gasteiger partial charge in [0.05, 0.1) is 0 Å². The first-order valence-electron chi connectivity index (χ1n) is 5.15. The van der Waals surface area contributed by atoms with Gasteiger partial charge in [0.25, 0.3) is 0 Å². The zero-order valence-corrected chi connectivity index (χ0v) is 8.57. The fourth-order valence-corrected chi connectivity index (χ4v) is 1.68. The van der Waals surface area contributed by atoms with Crippen molar-refractivity contribution >= 4 is 15.9 Å². The van der Waals surface area contributed by atoms with Crippen molar-refractivity contribution in [1.29, 1.82) is 0 Å². The summed E-state index contributed by atoms with van der Waals surface area (Å²) in [6.07, 6.45) is 0. The second-order valence-corrected chi connectivity index (χ2v) is 3.68. The Kier molecular flexibility index (Phi) is 1.82. The lowest BCUT2D eigenvalue weighted by molar-refractivity contribution is 0.609. The molecule has 0 aliphatic rings. The van der Waals surface area contributed by atoms with Crippen LogP contribution in [-0.4, -0.2) is 0 Å². The highest BCUT2D eigenvalue weighted by Crippen LogP contribution is 2.29. The fourth-order valence-electron chi connectivity index (χ4n) is 1.12. The molecule has 1 aromatic rings. The van der Waals surface area contributed by atoms with Crippen molar-refractivity contribution < 1.29 is 8.50 Å². The van der Waals surface area contributed by atoms with E-state index < -0.39 is 17.5 Å². The van der Waals surface area contributed by atoms with E-state index >= 15 is 0 Å². The summed E-state index contributed by atoms with van der Waals surface area (Å²) >= 11 is 3.04. The average Bonchev–Trinajstić information content (AvgIpc) is 2.10. The molecular formula is C10H12BrF. The Bertz CT molecular complexity index is 374. The Morgan fingerprint density at radius 3 is 2.75 bits per heavy atom. The molecule has 2 heteroatoms. The summed E-state index contributed by atoms with van der Waals surface area (Å²) < 4.78 is 35.3. The number of rotatable bonds is 1. The summed E-state index contributed by atoms with van der Waals surface area (Å²) in [5.41, 5.74) is 1.81. The van der Waals surface area contributed by atoms with Gasteiger partial charge in [-0.15, -0.1) is 0 Å². The first-order valence-corrected chi connectivity index (χ1v) is 4.56. The van der Waals surface area contributed by atoms with Crippen LogP contribution in [0.15, 0.2) is 12.1 Å². The maximum absolute atomic E-state index is 13.5. The summed E-state index contributed by atoms with van der Waals surface area (Å²) in [6, 6.07) is 2.95. The van der Waals surface area contributed by atoms with Crippen LogP contribution in [0.25, 0.3) is 0 Å². The smallest absolute Gasteiger partial charge is 0.127 e. The van der Waals surface area contributed by atoms with Crippen LogP contribution in [0.5, 0.6) is 0 Å². The minimum Gasteiger partial charge on any atom is -0.207 e. The number of hydrogen-bond acceptors (Lipinski definition) is 0. The molecule has 66 valence electrons. The molecule has 0 aliphatic carbocycles. The number of alkyl halides is 1. The monoisotopic (exact) mass is 233 g/mol. The molecule has 0 nitrogen and oxygen atoms in total. The van der Waals surface area contributed by atoms with Crippen LogP contribution >= 0.6 is 15.9 Å². The third-order valence-electron chi connectivity index (χ3n) is 1.99. The Morgan fingerprint density at radius 2 is 2.17 bits per heavy atom. The molecule has 0 saturated heterocycles. The van der Waals surface area contributed by atoms with Gasteiger partial charge in [-0.1, -0.05) is 22.0 Å². The van der Waals surface area contributed by atoms with E-state index in [2.05, 4.69) is 15.9 Å². The van der Waals surface area contributed by atoms with Crippen molar-refractivity contribution in [3.8, 4) is 0 Å². The normalized spacial score (nSPS) is 17.8. The van der Waals surface area contributed by atoms with E-state index in [1.54, 1.807) is 13.0 Å². The third kappa shape index (κ3) is 1.69. The number of aryl methyl sites for hydroxylation is 1. The van der Waals surface area contributed by atoms with Gasteiger partial charge in [0.1, 0.15) is 5.82 Å². The molecule has 0 amide bonds. The lowest BCUT2D eigenvalue weighted by Gasteiger charge is -2.11. The Balaban J connectivity index is 3.31. The van der Waals surface area contributed by atoms with E-state index in [9.17, 15) is 4.39 Å². The molecule has 0 fully saturated rings. The Hall–Kier alpha value is -0.370. The lowest BCUT2D eigenvalue weighted by Crippen LogP contribution is -1.96. The van der Waals surface area contributed by atoms with Gasteiger partial charge in [-0.3, -0.25) is 0 Å². The van der Waals surface area contributed by atoms with Crippen LogP contribution in [0.3, 0.4) is 0 Å². The van der Waals surface area contributed by atoms with Crippen LogP contribution < -0.4 is 0 Å². The molecule has 1 rings (SSSR count). The van der Waals surface area contributed by atoms with Crippen molar-refractivity contribution in [3.05, 3.63) is 34.6 Å². The Morgan fingerprint density at radius 1 is 1.50 bits per heavy atom. The number of hydrogen-bond donors (Lipinski definition) is 0. The highest BCUT2D eigenvalue weighted by atomic mass is 79.9. The van der Waals surface area contributed by atoms with Crippen LogP contribution in [-0.2, 0) is 0 Å². The molecule has 1 atom stereocenters. The molecule has 1 aromatic carbocycles. The van der Waals surface area contributed by atoms with Crippen LogP contribution in [0.4, 0.5) is 4.39 Å². The summed E-state index contributed by atoms with van der Waals surface area (Å²) in [7, 11) is 0. The van der Waals surface area contributed by atoms with Gasteiger partial charge in [-0.05, 0) is 37.9 Å². The molecule has 0 aromatic heterocycles. The van der Waals surface area contributed by atoms with Crippen LogP contribution in [0, 0.1) is 19.7 Å². The number of halogens is 2. The van der Waals surface area contributed by atoms with E-state index in [1.807, 2.05) is 6.92 Å². The zero-order valence-electron chi connectivity index (χ0n) is 9.99. The average molecular weight is 234 g/mol. The van der Waals surface area contributed by atoms with Gasteiger partial charge < -0.3 is 0 Å². The summed E-state index contributed by atoms with van der Waals surface area (Å²) in [6.45, 7) is 1.32. The van der Waals surface area contributed by atoms with Crippen LogP contribution in [0.2, 0.25) is 0 Å². The largest absolute Gasteiger partial charge is 0.207 e. The summed E-state index contributed by atoms with van der Waals surface area (Å²) in [5, 5.41) is 0. The van der Waals surface area contributed by atoms with Crippen molar-refractivity contribution in [2.24, 2.45) is 0 Å². The fraction of sp³-hybridized carbons (Fsp3) is 0.400. The van der Waals surface area contributed by atoms with Gasteiger partial charge in [0.2, 0.25) is 0 Å². The topological polar surface area (TPSA) is 0 Å². The molecule has 0 spiro atoms. The summed E-state index contributed by atoms with van der Waals surface area (Å²) in [5.74, 6) is -0.476. The molecule has 0 bridgehead atoms. The molecule has 0 saturated carbocycles. The van der Waals surface area contributed by atoms with Crippen molar-refractivity contribution in [2.45, 2.75) is 25.5 Å².